The van der Waals surface area contributed by atoms with Gasteiger partial charge in [0.05, 0.1) is 0 Å². The monoisotopic (exact) mass is 527 g/mol. The van der Waals surface area contributed by atoms with Crippen LogP contribution in [0.4, 0.5) is 11.4 Å². The van der Waals surface area contributed by atoms with Gasteiger partial charge in [-0.1, -0.05) is 127 Å². The zero-order valence-electron chi connectivity index (χ0n) is 23.1. The first-order valence-corrected chi connectivity index (χ1v) is 14.1. The summed E-state index contributed by atoms with van der Waals surface area (Å²) in [5, 5.41) is 8.67. The van der Waals surface area contributed by atoms with Crippen molar-refractivity contribution in [3.05, 3.63) is 176 Å². The molecule has 0 spiro atoms. The van der Waals surface area contributed by atoms with Gasteiger partial charge in [-0.25, -0.2) is 0 Å². The van der Waals surface area contributed by atoms with E-state index in [1.54, 1.807) is 0 Å². The highest BCUT2D eigenvalue weighted by atomic mass is 14.9. The van der Waals surface area contributed by atoms with Crippen molar-refractivity contribution >= 4 is 39.0 Å². The summed E-state index contributed by atoms with van der Waals surface area (Å²) in [7, 11) is 0. The Bertz CT molecular complexity index is 1840. The molecule has 198 valence electrons. The third kappa shape index (κ3) is 5.76. The van der Waals surface area contributed by atoms with E-state index in [2.05, 4.69) is 158 Å². The third-order valence-electron chi connectivity index (χ3n) is 7.78. The molecule has 0 aliphatic heterocycles. The summed E-state index contributed by atoms with van der Waals surface area (Å²) < 4.78 is 0. The Morgan fingerprint density at radius 2 is 1.24 bits per heavy atom. The second kappa shape index (κ2) is 11.9. The van der Waals surface area contributed by atoms with Crippen LogP contribution in [-0.4, -0.2) is 0 Å². The average molecular weight is 528 g/mol. The van der Waals surface area contributed by atoms with Gasteiger partial charge in [-0.15, -0.1) is 13.2 Å². The summed E-state index contributed by atoms with van der Waals surface area (Å²) in [5.41, 5.74) is 6.91. The van der Waals surface area contributed by atoms with Gasteiger partial charge < -0.3 is 5.32 Å². The molecule has 0 saturated carbocycles. The Morgan fingerprint density at radius 3 is 2.02 bits per heavy atom. The lowest BCUT2D eigenvalue weighted by molar-refractivity contribution is 0.713. The molecule has 41 heavy (non-hydrogen) atoms. The highest BCUT2D eigenvalue weighted by molar-refractivity contribution is 6.08. The second-order valence-corrected chi connectivity index (χ2v) is 10.4. The number of anilines is 2. The average Bonchev–Trinajstić information content (AvgIpc) is 3.04. The highest BCUT2D eigenvalue weighted by Gasteiger charge is 2.14. The van der Waals surface area contributed by atoms with Gasteiger partial charge >= 0.3 is 0 Å². The molecule has 0 aromatic heterocycles. The maximum absolute atomic E-state index is 4.08. The van der Waals surface area contributed by atoms with E-state index in [-0.39, 0.29) is 11.8 Å². The van der Waals surface area contributed by atoms with Crippen LogP contribution in [0.25, 0.3) is 38.7 Å². The van der Waals surface area contributed by atoms with Crippen LogP contribution >= 0.6 is 0 Å². The van der Waals surface area contributed by atoms with E-state index in [9.17, 15) is 0 Å². The predicted molar refractivity (Wildman–Crippen MR) is 179 cm³/mol. The van der Waals surface area contributed by atoms with Crippen molar-refractivity contribution in [3.63, 3.8) is 0 Å². The molecule has 2 atom stereocenters. The molecule has 1 N–H and O–H groups in total. The molecule has 0 amide bonds. The largest absolute Gasteiger partial charge is 0.356 e. The number of nitrogens with one attached hydrogen (secondary N) is 1. The molecule has 1 heteroatoms. The summed E-state index contributed by atoms with van der Waals surface area (Å²) in [6, 6.07) is 47.4. The maximum Gasteiger partial charge on any atom is 0.0390 e. The molecule has 0 aliphatic carbocycles. The van der Waals surface area contributed by atoms with E-state index in [1.807, 2.05) is 18.2 Å². The first-order valence-electron chi connectivity index (χ1n) is 14.1. The van der Waals surface area contributed by atoms with Crippen molar-refractivity contribution in [1.29, 1.82) is 0 Å². The van der Waals surface area contributed by atoms with Crippen LogP contribution in [0, 0.1) is 5.92 Å². The van der Waals surface area contributed by atoms with Crippen molar-refractivity contribution < 1.29 is 0 Å². The van der Waals surface area contributed by atoms with Crippen LogP contribution in [0.1, 0.15) is 17.0 Å². The van der Waals surface area contributed by atoms with Gasteiger partial charge in [0.15, 0.2) is 0 Å². The van der Waals surface area contributed by atoms with Gasteiger partial charge in [0, 0.05) is 23.2 Å². The van der Waals surface area contributed by atoms with Gasteiger partial charge in [0.25, 0.3) is 0 Å². The van der Waals surface area contributed by atoms with Crippen molar-refractivity contribution in [3.8, 4) is 11.1 Å². The van der Waals surface area contributed by atoms with Gasteiger partial charge in [0.1, 0.15) is 0 Å². The fraction of sp³-hybridized carbons (Fsp3) is 0.0500. The van der Waals surface area contributed by atoms with E-state index in [0.717, 1.165) is 16.9 Å². The van der Waals surface area contributed by atoms with Crippen molar-refractivity contribution in [2.75, 3.05) is 5.32 Å². The maximum atomic E-state index is 4.08. The lowest BCUT2D eigenvalue weighted by Crippen LogP contribution is -2.05. The van der Waals surface area contributed by atoms with E-state index in [4.69, 9.17) is 0 Å². The van der Waals surface area contributed by atoms with Crippen LogP contribution in [0.3, 0.4) is 0 Å². The summed E-state index contributed by atoms with van der Waals surface area (Å²) in [6.45, 7) is 8.15. The van der Waals surface area contributed by atoms with Crippen LogP contribution in [0.2, 0.25) is 0 Å². The van der Waals surface area contributed by atoms with Crippen molar-refractivity contribution in [2.24, 2.45) is 5.92 Å². The predicted octanol–water partition coefficient (Wildman–Crippen LogP) is 11.2. The molecule has 0 saturated heterocycles. The normalized spacial score (nSPS) is 12.8. The summed E-state index contributed by atoms with van der Waals surface area (Å²) >= 11 is 0. The van der Waals surface area contributed by atoms with Crippen LogP contribution < -0.4 is 5.32 Å². The Kier molecular flexibility index (Phi) is 7.60. The van der Waals surface area contributed by atoms with Gasteiger partial charge in [-0.05, 0) is 74.1 Å². The van der Waals surface area contributed by atoms with E-state index < -0.39 is 0 Å². The molecule has 6 aromatic carbocycles. The molecule has 2 unspecified atom stereocenters. The SMILES string of the molecule is C=CC(/C=C/c1ccc(Nc2cccc(-c3ccc4ccc5ccccc5c4c3)c2)cc1)C(C=C)c1ccccc1. The number of benzene rings is 6. The number of hydrogen-bond donors (Lipinski definition) is 1. The lowest BCUT2D eigenvalue weighted by atomic mass is 9.85. The van der Waals surface area contributed by atoms with Gasteiger partial charge in [-0.3, -0.25) is 0 Å². The summed E-state index contributed by atoms with van der Waals surface area (Å²) in [5.74, 6) is 0.364. The number of fused-ring (bicyclic) bond motifs is 3. The minimum absolute atomic E-state index is 0.170. The van der Waals surface area contributed by atoms with Crippen molar-refractivity contribution in [2.45, 2.75) is 5.92 Å². The number of hydrogen-bond acceptors (Lipinski definition) is 1. The van der Waals surface area contributed by atoms with E-state index in [0.29, 0.717) is 0 Å². The third-order valence-corrected chi connectivity index (χ3v) is 7.78. The van der Waals surface area contributed by atoms with E-state index >= 15 is 0 Å². The molecular weight excluding hydrogens is 494 g/mol. The van der Waals surface area contributed by atoms with Crippen molar-refractivity contribution in [1.82, 2.24) is 0 Å². The van der Waals surface area contributed by atoms with Gasteiger partial charge in [-0.2, -0.15) is 0 Å². The standard InChI is InChI=1S/C40H33N/c1-3-30(38(4-2)31-11-6-5-7-12-31)20-17-29-18-25-36(26-19-29)41-37-15-10-14-34(27-37)35-24-23-33-22-21-32-13-8-9-16-39(32)40(33)28-35/h3-28,30,38,41H,1-2H2/b20-17+. The van der Waals surface area contributed by atoms with Crippen LogP contribution in [0.5, 0.6) is 0 Å². The topological polar surface area (TPSA) is 12.0 Å². The minimum Gasteiger partial charge on any atom is -0.356 e. The Balaban J connectivity index is 1.19. The van der Waals surface area contributed by atoms with E-state index in [1.165, 1.54) is 38.2 Å². The minimum atomic E-state index is 0.170. The summed E-state index contributed by atoms with van der Waals surface area (Å²) in [6.07, 6.45) is 8.38. The zero-order chi connectivity index (χ0) is 28.0. The van der Waals surface area contributed by atoms with Crippen LogP contribution in [-0.2, 0) is 0 Å². The molecular formula is C40H33N. The molecule has 1 nitrogen and oxygen atoms in total. The molecule has 6 aromatic rings. The quantitative estimate of drug-likeness (QED) is 0.146. The summed E-state index contributed by atoms with van der Waals surface area (Å²) in [4.78, 5) is 0. The van der Waals surface area contributed by atoms with Crippen LogP contribution in [0.15, 0.2) is 165 Å². The van der Waals surface area contributed by atoms with Gasteiger partial charge in [0.2, 0.25) is 0 Å². The number of allylic oxidation sites excluding steroid dienone is 3. The smallest absolute Gasteiger partial charge is 0.0390 e. The lowest BCUT2D eigenvalue weighted by Gasteiger charge is -2.19. The highest BCUT2D eigenvalue weighted by Crippen LogP contribution is 2.32. The molecule has 6 rings (SSSR count). The fourth-order valence-electron chi connectivity index (χ4n) is 5.56. The Hall–Kier alpha value is -5.14. The molecule has 0 heterocycles. The molecule has 0 radical (unpaired) electrons. The Labute approximate surface area is 242 Å². The first kappa shape index (κ1) is 26.1. The fourth-order valence-corrected chi connectivity index (χ4v) is 5.56. The molecule has 0 aliphatic rings. The molecule has 0 bridgehead atoms. The Morgan fingerprint density at radius 1 is 0.537 bits per heavy atom. The second-order valence-electron chi connectivity index (χ2n) is 10.4. The first-order chi connectivity index (χ1) is 20.2. The molecule has 0 fully saturated rings. The zero-order valence-corrected chi connectivity index (χ0v) is 23.1. The number of rotatable bonds is 9.